The van der Waals surface area contributed by atoms with Crippen molar-refractivity contribution < 1.29 is 14.3 Å². The molecule has 1 aliphatic heterocycles. The first-order chi connectivity index (χ1) is 12.2. The average molecular weight is 341 g/mol. The van der Waals surface area contributed by atoms with Gasteiger partial charge in [0.2, 0.25) is 5.88 Å². The summed E-state index contributed by atoms with van der Waals surface area (Å²) in [4.78, 5) is 33.7. The summed E-state index contributed by atoms with van der Waals surface area (Å²) >= 11 is 0. The lowest BCUT2D eigenvalue weighted by Crippen LogP contribution is -2.33. The molecule has 0 saturated heterocycles. The second-order valence-electron chi connectivity index (χ2n) is 5.56. The van der Waals surface area contributed by atoms with Crippen molar-refractivity contribution in [2.75, 3.05) is 35.6 Å². The summed E-state index contributed by atoms with van der Waals surface area (Å²) in [7, 11) is 0. The van der Waals surface area contributed by atoms with Crippen molar-refractivity contribution in [1.29, 1.82) is 0 Å². The molecule has 1 aliphatic rings. The fourth-order valence-electron chi connectivity index (χ4n) is 2.65. The summed E-state index contributed by atoms with van der Waals surface area (Å²) < 4.78 is 5.51. The van der Waals surface area contributed by atoms with E-state index < -0.39 is 0 Å². The maximum atomic E-state index is 12.9. The number of amides is 1. The van der Waals surface area contributed by atoms with Crippen molar-refractivity contribution in [2.24, 2.45) is 0 Å². The molecule has 2 aromatic rings. The summed E-state index contributed by atoms with van der Waals surface area (Å²) in [5.74, 6) is -0.104. The molecule has 3 rings (SSSR count). The largest absolute Gasteiger partial charge is 0.475 e. The lowest BCUT2D eigenvalue weighted by atomic mass is 10.1. The van der Waals surface area contributed by atoms with Crippen LogP contribution >= 0.6 is 0 Å². The molecule has 0 saturated carbocycles. The normalized spacial score (nSPS) is 13.6. The van der Waals surface area contributed by atoms with Crippen molar-refractivity contribution in [2.45, 2.75) is 13.3 Å². The van der Waals surface area contributed by atoms with E-state index >= 15 is 0 Å². The minimum atomic E-state index is -0.350. The lowest BCUT2D eigenvalue weighted by Gasteiger charge is -2.21. The van der Waals surface area contributed by atoms with Crippen LogP contribution in [0.4, 0.5) is 17.2 Å². The number of carbonyl (C=O) groups excluding carboxylic acids is 2. The highest BCUT2D eigenvalue weighted by atomic mass is 16.5. The van der Waals surface area contributed by atoms with Gasteiger partial charge in [0, 0.05) is 23.5 Å². The number of hydrogen-bond acceptors (Lipinski definition) is 7. The summed E-state index contributed by atoms with van der Waals surface area (Å²) in [5, 5.41) is 3.19. The number of aromatic nitrogens is 2. The molecule has 0 unspecified atom stereocenters. The van der Waals surface area contributed by atoms with E-state index in [1.165, 1.54) is 11.2 Å². The Morgan fingerprint density at radius 1 is 1.40 bits per heavy atom. The molecular formula is C17H19N5O3. The highest BCUT2D eigenvalue weighted by molar-refractivity contribution is 6.11. The molecule has 0 fully saturated rings. The molecule has 0 aliphatic carbocycles. The van der Waals surface area contributed by atoms with E-state index in [1.807, 2.05) is 6.92 Å². The molecule has 8 nitrogen and oxygen atoms in total. The number of ether oxygens (including phenoxy) is 1. The van der Waals surface area contributed by atoms with Gasteiger partial charge in [0.1, 0.15) is 24.3 Å². The molecule has 25 heavy (non-hydrogen) atoms. The minimum absolute atomic E-state index is 0.0683. The Kier molecular flexibility index (Phi) is 4.78. The van der Waals surface area contributed by atoms with Gasteiger partial charge >= 0.3 is 0 Å². The minimum Gasteiger partial charge on any atom is -0.475 e. The third-order valence-electron chi connectivity index (χ3n) is 3.89. The van der Waals surface area contributed by atoms with Gasteiger partial charge in [-0.1, -0.05) is 6.92 Å². The molecule has 0 spiro atoms. The van der Waals surface area contributed by atoms with Gasteiger partial charge in [0.15, 0.2) is 6.29 Å². The molecular weight excluding hydrogens is 322 g/mol. The maximum absolute atomic E-state index is 12.9. The first-order valence-corrected chi connectivity index (χ1v) is 8.04. The quantitative estimate of drug-likeness (QED) is 0.797. The van der Waals surface area contributed by atoms with Crippen LogP contribution in [0.1, 0.15) is 34.1 Å². The van der Waals surface area contributed by atoms with Gasteiger partial charge in [-0.05, 0) is 24.6 Å². The summed E-state index contributed by atoms with van der Waals surface area (Å²) in [5.41, 5.74) is 7.79. The number of nitrogens with one attached hydrogen (secondary N) is 1. The van der Waals surface area contributed by atoms with Crippen LogP contribution < -0.4 is 20.7 Å². The van der Waals surface area contributed by atoms with Crippen molar-refractivity contribution in [3.63, 3.8) is 0 Å². The second-order valence-corrected chi connectivity index (χ2v) is 5.56. The molecule has 0 atom stereocenters. The van der Waals surface area contributed by atoms with Crippen molar-refractivity contribution in [3.8, 4) is 5.88 Å². The van der Waals surface area contributed by atoms with Gasteiger partial charge in [-0.2, -0.15) is 0 Å². The van der Waals surface area contributed by atoms with Gasteiger partial charge in [-0.15, -0.1) is 0 Å². The average Bonchev–Trinajstić information content (AvgIpc) is 2.79. The standard InChI is InChI=1S/C17H19N5O3/c1-2-5-19-13-4-3-12(8-11(13)9-23)22-6-7-25-16-14(17(22)24)15(18)20-10-21-16/h3-4,8-10,19H,2,5-7H2,1H3,(H2,18,20,21). The number of carbonyl (C=O) groups is 2. The fraction of sp³-hybridized carbons (Fsp3) is 0.294. The van der Waals surface area contributed by atoms with Crippen molar-refractivity contribution >= 4 is 29.4 Å². The third kappa shape index (κ3) is 3.23. The van der Waals surface area contributed by atoms with Crippen molar-refractivity contribution in [3.05, 3.63) is 35.7 Å². The number of anilines is 3. The van der Waals surface area contributed by atoms with Crippen LogP contribution in [0.3, 0.4) is 0 Å². The van der Waals surface area contributed by atoms with E-state index in [0.29, 0.717) is 17.8 Å². The number of rotatable bonds is 5. The van der Waals surface area contributed by atoms with Crippen molar-refractivity contribution in [1.82, 2.24) is 9.97 Å². The highest BCUT2D eigenvalue weighted by Gasteiger charge is 2.28. The molecule has 2 heterocycles. The molecule has 8 heteroatoms. The zero-order chi connectivity index (χ0) is 17.8. The van der Waals surface area contributed by atoms with E-state index in [2.05, 4.69) is 15.3 Å². The molecule has 1 aromatic carbocycles. The van der Waals surface area contributed by atoms with Gasteiger partial charge < -0.3 is 20.7 Å². The number of fused-ring (bicyclic) bond motifs is 1. The number of nitrogens with two attached hydrogens (primary N) is 1. The van der Waals surface area contributed by atoms with Gasteiger partial charge in [0.25, 0.3) is 5.91 Å². The van der Waals surface area contributed by atoms with Gasteiger partial charge in [0.05, 0.1) is 6.54 Å². The first-order valence-electron chi connectivity index (χ1n) is 8.04. The summed E-state index contributed by atoms with van der Waals surface area (Å²) in [6.45, 7) is 3.38. The topological polar surface area (TPSA) is 110 Å². The number of nitrogen functional groups attached to an aromatic ring is 1. The lowest BCUT2D eigenvalue weighted by molar-refractivity contribution is 0.0989. The molecule has 130 valence electrons. The monoisotopic (exact) mass is 341 g/mol. The van der Waals surface area contributed by atoms with Crippen LogP contribution in [0.25, 0.3) is 0 Å². The number of hydrogen-bond donors (Lipinski definition) is 2. The predicted molar refractivity (Wildman–Crippen MR) is 94.2 cm³/mol. The highest BCUT2D eigenvalue weighted by Crippen LogP contribution is 2.29. The van der Waals surface area contributed by atoms with Crippen LogP contribution in [0.2, 0.25) is 0 Å². The Morgan fingerprint density at radius 3 is 3.00 bits per heavy atom. The van der Waals surface area contributed by atoms with Crippen LogP contribution in [-0.4, -0.2) is 41.9 Å². The Hall–Kier alpha value is -3.16. The van der Waals surface area contributed by atoms with Crippen LogP contribution in [-0.2, 0) is 0 Å². The Bertz CT molecular complexity index is 809. The SMILES string of the molecule is CCCNc1ccc(N2CCOc3ncnc(N)c3C2=O)cc1C=O. The number of nitrogens with zero attached hydrogens (tertiary/aromatic N) is 3. The van der Waals surface area contributed by atoms with Crippen LogP contribution in [0, 0.1) is 0 Å². The Morgan fingerprint density at radius 2 is 2.24 bits per heavy atom. The van der Waals surface area contributed by atoms with Gasteiger partial charge in [-0.3, -0.25) is 9.59 Å². The second kappa shape index (κ2) is 7.16. The third-order valence-corrected chi connectivity index (χ3v) is 3.89. The van der Waals surface area contributed by atoms with E-state index in [0.717, 1.165) is 24.9 Å². The van der Waals surface area contributed by atoms with Crippen LogP contribution in [0.15, 0.2) is 24.5 Å². The van der Waals surface area contributed by atoms with E-state index in [4.69, 9.17) is 10.5 Å². The van der Waals surface area contributed by atoms with E-state index in [1.54, 1.807) is 18.2 Å². The smallest absolute Gasteiger partial charge is 0.267 e. The Labute approximate surface area is 145 Å². The first kappa shape index (κ1) is 16.7. The van der Waals surface area contributed by atoms with Gasteiger partial charge in [-0.25, -0.2) is 9.97 Å². The molecule has 1 aromatic heterocycles. The van der Waals surface area contributed by atoms with Crippen LogP contribution in [0.5, 0.6) is 5.88 Å². The Balaban J connectivity index is 1.97. The predicted octanol–water partition coefficient (Wildman–Crippen LogP) is 1.73. The summed E-state index contributed by atoms with van der Waals surface area (Å²) in [6.07, 6.45) is 2.97. The molecule has 0 bridgehead atoms. The maximum Gasteiger partial charge on any atom is 0.267 e. The van der Waals surface area contributed by atoms with E-state index in [9.17, 15) is 9.59 Å². The fourth-order valence-corrected chi connectivity index (χ4v) is 2.65. The molecule has 1 amide bonds. The molecule has 0 radical (unpaired) electrons. The summed E-state index contributed by atoms with van der Waals surface area (Å²) in [6, 6.07) is 5.25. The molecule has 3 N–H and O–H groups in total. The number of aldehydes is 1. The zero-order valence-corrected chi connectivity index (χ0v) is 13.9. The number of benzene rings is 1. The van der Waals surface area contributed by atoms with E-state index in [-0.39, 0.29) is 29.8 Å². The zero-order valence-electron chi connectivity index (χ0n) is 13.9.